The van der Waals surface area contributed by atoms with E-state index in [0.717, 1.165) is 12.8 Å². The van der Waals surface area contributed by atoms with E-state index in [4.69, 9.17) is 4.74 Å². The van der Waals surface area contributed by atoms with Gasteiger partial charge in [-0.3, -0.25) is 14.2 Å². The molecule has 5 rings (SSSR count). The smallest absolute Gasteiger partial charge is 0.443 e. The molecule has 3 aromatic rings. The maximum Gasteiger partial charge on any atom is 0.522 e. The third kappa shape index (κ3) is 5.43. The van der Waals surface area contributed by atoms with Gasteiger partial charge in [-0.25, -0.2) is 19.2 Å². The van der Waals surface area contributed by atoms with Gasteiger partial charge in [-0.2, -0.15) is 10.4 Å². The van der Waals surface area contributed by atoms with Gasteiger partial charge in [-0.1, -0.05) is 0 Å². The Morgan fingerprint density at radius 1 is 1.38 bits per heavy atom. The van der Waals surface area contributed by atoms with Gasteiger partial charge in [0.05, 0.1) is 18.5 Å². The third-order valence-electron chi connectivity index (χ3n) is 6.45. The fourth-order valence-electron chi connectivity index (χ4n) is 4.23. The molecule has 11 nitrogen and oxygen atoms in total. The third-order valence-corrected chi connectivity index (χ3v) is 6.45. The summed E-state index contributed by atoms with van der Waals surface area (Å²) in [6, 6.07) is 3.46. The minimum absolute atomic E-state index is 0.0449. The van der Waals surface area contributed by atoms with Gasteiger partial charge in [0, 0.05) is 29.4 Å². The van der Waals surface area contributed by atoms with Crippen LogP contribution in [0.15, 0.2) is 18.5 Å². The summed E-state index contributed by atoms with van der Waals surface area (Å²) in [5, 5.41) is 21.8. The molecular formula is C22H22F4N8O3. The van der Waals surface area contributed by atoms with Gasteiger partial charge in [-0.05, 0) is 32.6 Å². The lowest BCUT2D eigenvalue weighted by atomic mass is 10.0. The van der Waals surface area contributed by atoms with Crippen LogP contribution in [0.5, 0.6) is 0 Å². The number of imidazole rings is 1. The van der Waals surface area contributed by atoms with Gasteiger partial charge in [0.2, 0.25) is 5.95 Å². The van der Waals surface area contributed by atoms with Crippen molar-refractivity contribution in [2.24, 2.45) is 0 Å². The van der Waals surface area contributed by atoms with E-state index in [9.17, 15) is 23.2 Å². The van der Waals surface area contributed by atoms with Crippen LogP contribution in [-0.4, -0.2) is 54.8 Å². The lowest BCUT2D eigenvalue weighted by Gasteiger charge is -2.19. The minimum atomic E-state index is -4.84. The van der Waals surface area contributed by atoms with Gasteiger partial charge >= 0.3 is 12.5 Å². The summed E-state index contributed by atoms with van der Waals surface area (Å²) in [6.07, 6.45) is -2.79. The molecule has 0 aliphatic heterocycles. The van der Waals surface area contributed by atoms with Gasteiger partial charge in [-0.15, -0.1) is 13.2 Å². The number of nitrogens with zero attached hydrogens (tertiary/aromatic N) is 5. The van der Waals surface area contributed by atoms with Gasteiger partial charge < -0.3 is 15.4 Å². The number of nitriles is 1. The molecule has 0 radical (unpaired) electrons. The number of carbonyl (C=O) groups excluding carboxylic acids is 1. The van der Waals surface area contributed by atoms with E-state index in [0.29, 0.717) is 18.5 Å². The van der Waals surface area contributed by atoms with Crippen LogP contribution in [0.1, 0.15) is 55.5 Å². The zero-order chi connectivity index (χ0) is 26.4. The fraction of sp³-hybridized carbons (Fsp3) is 0.500. The number of carbonyl (C=O) groups is 1. The second kappa shape index (κ2) is 9.18. The molecule has 2 saturated carbocycles. The average molecular weight is 522 g/mol. The largest absolute Gasteiger partial charge is 0.522 e. The molecule has 2 aliphatic carbocycles. The Morgan fingerprint density at radius 3 is 2.86 bits per heavy atom. The van der Waals surface area contributed by atoms with Crippen LogP contribution in [0.4, 0.5) is 34.1 Å². The number of aromatic nitrogens is 5. The molecule has 0 aromatic carbocycles. The Balaban J connectivity index is 1.28. The van der Waals surface area contributed by atoms with Gasteiger partial charge in [0.1, 0.15) is 23.9 Å². The maximum absolute atomic E-state index is 15.1. The quantitative estimate of drug-likeness (QED) is 0.396. The molecule has 37 heavy (non-hydrogen) atoms. The van der Waals surface area contributed by atoms with E-state index in [1.807, 2.05) is 13.0 Å². The second-order valence-electron chi connectivity index (χ2n) is 9.36. The number of H-pyrrole nitrogens is 1. The number of rotatable bonds is 7. The molecule has 3 aromatic heterocycles. The highest BCUT2D eigenvalue weighted by Crippen LogP contribution is 2.39. The van der Waals surface area contributed by atoms with Crippen molar-refractivity contribution < 1.29 is 31.8 Å². The molecule has 2 fully saturated rings. The Morgan fingerprint density at radius 2 is 2.16 bits per heavy atom. The number of fused-ring (bicyclic) bond motifs is 1. The van der Waals surface area contributed by atoms with E-state index < -0.39 is 37.3 Å². The predicted octanol–water partition coefficient (Wildman–Crippen LogP) is 3.97. The SMILES string of the molecule is CC1(NC(=O)O[C@H]2CC[C@@H](c3cc(Nc4ncc(C#N)c5nc(COC(F)(F)F)cn45)n[nH]3)[C@@H]2F)CC1. The Kier molecular flexibility index (Phi) is 6.14. The summed E-state index contributed by atoms with van der Waals surface area (Å²) in [7, 11) is 0. The number of anilines is 2. The molecule has 196 valence electrons. The van der Waals surface area contributed by atoms with E-state index in [1.54, 1.807) is 6.07 Å². The summed E-state index contributed by atoms with van der Waals surface area (Å²) < 4.78 is 62.8. The number of alkyl halides is 4. The first-order chi connectivity index (χ1) is 17.5. The van der Waals surface area contributed by atoms with E-state index in [-0.39, 0.29) is 34.2 Å². The zero-order valence-electron chi connectivity index (χ0n) is 19.5. The van der Waals surface area contributed by atoms with Gasteiger partial charge in [0.25, 0.3) is 0 Å². The molecule has 0 saturated heterocycles. The number of amides is 1. The summed E-state index contributed by atoms with van der Waals surface area (Å²) in [4.78, 5) is 20.2. The summed E-state index contributed by atoms with van der Waals surface area (Å²) in [5.74, 6) is -0.204. The number of aromatic amines is 1. The minimum Gasteiger partial charge on any atom is -0.443 e. The summed E-state index contributed by atoms with van der Waals surface area (Å²) >= 11 is 0. The van der Waals surface area contributed by atoms with Crippen molar-refractivity contribution in [3.05, 3.63) is 35.4 Å². The van der Waals surface area contributed by atoms with Crippen molar-refractivity contribution in [3.8, 4) is 6.07 Å². The van der Waals surface area contributed by atoms with Crippen LogP contribution < -0.4 is 10.6 Å². The normalized spacial score (nSPS) is 22.5. The highest BCUT2D eigenvalue weighted by molar-refractivity contribution is 5.69. The van der Waals surface area contributed by atoms with Crippen LogP contribution >= 0.6 is 0 Å². The number of nitrogens with one attached hydrogen (secondary N) is 3. The van der Waals surface area contributed by atoms with Crippen molar-refractivity contribution in [2.75, 3.05) is 5.32 Å². The predicted molar refractivity (Wildman–Crippen MR) is 118 cm³/mol. The molecule has 3 heterocycles. The molecule has 3 N–H and O–H groups in total. The highest BCUT2D eigenvalue weighted by Gasteiger charge is 2.43. The van der Waals surface area contributed by atoms with Crippen LogP contribution in [0.25, 0.3) is 5.65 Å². The number of alkyl carbamates (subject to hydrolysis) is 1. The van der Waals surface area contributed by atoms with Gasteiger partial charge in [0.15, 0.2) is 11.5 Å². The second-order valence-corrected chi connectivity index (χ2v) is 9.36. The number of ether oxygens (including phenoxy) is 2. The maximum atomic E-state index is 15.1. The van der Waals surface area contributed by atoms with E-state index in [2.05, 4.69) is 35.5 Å². The van der Waals surface area contributed by atoms with Crippen molar-refractivity contribution in [3.63, 3.8) is 0 Å². The van der Waals surface area contributed by atoms with Crippen LogP contribution in [0, 0.1) is 11.3 Å². The summed E-state index contributed by atoms with van der Waals surface area (Å²) in [6.45, 7) is 1.05. The molecule has 0 unspecified atom stereocenters. The molecule has 0 spiro atoms. The van der Waals surface area contributed by atoms with Crippen molar-refractivity contribution >= 4 is 23.5 Å². The van der Waals surface area contributed by atoms with Crippen LogP contribution in [0.3, 0.4) is 0 Å². The first-order valence-electron chi connectivity index (χ1n) is 11.5. The molecule has 3 atom stereocenters. The highest BCUT2D eigenvalue weighted by atomic mass is 19.4. The molecule has 15 heteroatoms. The molecule has 0 bridgehead atoms. The Labute approximate surface area is 207 Å². The standard InChI is InChI=1S/C22H22F4N8O3/c1-21(4-5-21)31-20(35)37-15-3-2-13(17(15)23)14-6-16(33-32-14)30-19-28-8-11(7-27)18-29-12(9-34(18)19)10-36-22(24,25)26/h6,8-9,13,15,17H,2-5,10H2,1H3,(H,31,35)(H2,28,30,32,33)/t13-,15-,17-/m0/s1. The lowest BCUT2D eigenvalue weighted by molar-refractivity contribution is -0.330. The van der Waals surface area contributed by atoms with Crippen LogP contribution in [0.2, 0.25) is 0 Å². The van der Waals surface area contributed by atoms with Crippen molar-refractivity contribution in [1.82, 2.24) is 29.9 Å². The zero-order valence-corrected chi connectivity index (χ0v) is 19.5. The number of hydrogen-bond acceptors (Lipinski definition) is 8. The summed E-state index contributed by atoms with van der Waals surface area (Å²) in [5.41, 5.74) is 0.268. The molecule has 2 aliphatic rings. The Hall–Kier alpha value is -3.93. The topological polar surface area (TPSA) is 142 Å². The average Bonchev–Trinajstić information content (AvgIpc) is 3.20. The van der Waals surface area contributed by atoms with E-state index in [1.165, 1.54) is 16.8 Å². The first kappa shape index (κ1) is 24.8. The van der Waals surface area contributed by atoms with E-state index >= 15 is 4.39 Å². The van der Waals surface area contributed by atoms with Crippen LogP contribution in [-0.2, 0) is 16.1 Å². The number of hydrogen-bond donors (Lipinski definition) is 3. The Bertz CT molecular complexity index is 1360. The fourth-order valence-corrected chi connectivity index (χ4v) is 4.23. The van der Waals surface area contributed by atoms with Crippen molar-refractivity contribution in [1.29, 1.82) is 5.26 Å². The van der Waals surface area contributed by atoms with Crippen molar-refractivity contribution in [2.45, 2.75) is 69.3 Å². The molecule has 1 amide bonds. The number of halogens is 4. The molecular weight excluding hydrogens is 500 g/mol. The first-order valence-corrected chi connectivity index (χ1v) is 11.5. The monoisotopic (exact) mass is 522 g/mol. The lowest BCUT2D eigenvalue weighted by Crippen LogP contribution is -2.38.